The third kappa shape index (κ3) is 8.43. The molecule has 7 heteroatoms. The zero-order valence-corrected chi connectivity index (χ0v) is 17.3. The number of rotatable bonds is 8. The number of carbonyl (C=O) groups excluding carboxylic acids is 2. The molecule has 0 fully saturated rings. The van der Waals surface area contributed by atoms with Crippen molar-refractivity contribution in [2.45, 2.75) is 47.5 Å². The number of aliphatic carboxylic acids is 1. The number of anilines is 1. The topological polar surface area (TPSA) is 95.5 Å². The van der Waals surface area contributed by atoms with Gasteiger partial charge in [-0.15, -0.1) is 0 Å². The molecular weight excluding hydrogens is 368 g/mol. The molecule has 150 valence electrons. The summed E-state index contributed by atoms with van der Waals surface area (Å²) < 4.78 is 0. The third-order valence-corrected chi connectivity index (χ3v) is 4.13. The lowest BCUT2D eigenvalue weighted by Gasteiger charge is -2.18. The molecule has 0 saturated heterocycles. The molecule has 0 heterocycles. The summed E-state index contributed by atoms with van der Waals surface area (Å²) in [5.41, 5.74) is 0.508. The van der Waals surface area contributed by atoms with Crippen molar-refractivity contribution in [3.63, 3.8) is 0 Å². The Balaban J connectivity index is 2.82. The van der Waals surface area contributed by atoms with Gasteiger partial charge >= 0.3 is 5.97 Å². The molecule has 2 amide bonds. The standard InChI is InChI=1S/C20H29ClN2O4/c1-12(2)8-13(19(26)27)11-22-18(25)15-9-14(6-7-16(15)21)23-17(24)10-20(3,4)5/h6-7,9,12-13H,8,10-11H2,1-5H3,(H,22,25)(H,23,24)(H,26,27). The highest BCUT2D eigenvalue weighted by molar-refractivity contribution is 6.34. The van der Waals surface area contributed by atoms with Gasteiger partial charge in [-0.05, 0) is 36.0 Å². The van der Waals surface area contributed by atoms with Crippen LogP contribution in [0.3, 0.4) is 0 Å². The fourth-order valence-electron chi connectivity index (χ4n) is 2.62. The molecule has 0 aliphatic carbocycles. The Bertz CT molecular complexity index is 696. The van der Waals surface area contributed by atoms with E-state index in [0.717, 1.165) is 0 Å². The average molecular weight is 397 g/mol. The first-order chi connectivity index (χ1) is 12.4. The van der Waals surface area contributed by atoms with Gasteiger partial charge in [-0.1, -0.05) is 46.2 Å². The summed E-state index contributed by atoms with van der Waals surface area (Å²) in [6, 6.07) is 4.65. The highest BCUT2D eigenvalue weighted by Crippen LogP contribution is 2.23. The van der Waals surface area contributed by atoms with Crippen LogP contribution in [0.15, 0.2) is 18.2 Å². The lowest BCUT2D eigenvalue weighted by atomic mass is 9.92. The summed E-state index contributed by atoms with van der Waals surface area (Å²) in [6.45, 7) is 9.76. The number of carboxylic acid groups (broad SMARTS) is 1. The van der Waals surface area contributed by atoms with Crippen molar-refractivity contribution >= 4 is 35.1 Å². The minimum atomic E-state index is -0.946. The summed E-state index contributed by atoms with van der Waals surface area (Å²) in [5.74, 6) is -2.03. The van der Waals surface area contributed by atoms with Gasteiger partial charge in [0.15, 0.2) is 0 Å². The van der Waals surface area contributed by atoms with Gasteiger partial charge in [-0.3, -0.25) is 14.4 Å². The van der Waals surface area contributed by atoms with Crippen LogP contribution in [-0.2, 0) is 9.59 Å². The first kappa shape index (κ1) is 23.0. The highest BCUT2D eigenvalue weighted by atomic mass is 35.5. The number of hydrogen-bond donors (Lipinski definition) is 3. The zero-order chi connectivity index (χ0) is 20.8. The lowest BCUT2D eigenvalue weighted by Crippen LogP contribution is -2.33. The Morgan fingerprint density at radius 2 is 1.81 bits per heavy atom. The van der Waals surface area contributed by atoms with Gasteiger partial charge in [0.1, 0.15) is 0 Å². The monoisotopic (exact) mass is 396 g/mol. The normalized spacial score (nSPS) is 12.6. The summed E-state index contributed by atoms with van der Waals surface area (Å²) >= 11 is 6.11. The third-order valence-electron chi connectivity index (χ3n) is 3.80. The second kappa shape index (κ2) is 9.74. The van der Waals surface area contributed by atoms with E-state index in [9.17, 15) is 19.5 Å². The molecule has 1 atom stereocenters. The van der Waals surface area contributed by atoms with Crippen LogP contribution in [0.25, 0.3) is 0 Å². The van der Waals surface area contributed by atoms with Gasteiger partial charge in [-0.25, -0.2) is 0 Å². The molecule has 0 aliphatic rings. The molecule has 3 N–H and O–H groups in total. The summed E-state index contributed by atoms with van der Waals surface area (Å²) in [6.07, 6.45) is 0.804. The van der Waals surface area contributed by atoms with Crippen LogP contribution < -0.4 is 10.6 Å². The van der Waals surface area contributed by atoms with E-state index in [1.165, 1.54) is 12.1 Å². The number of halogens is 1. The minimum Gasteiger partial charge on any atom is -0.481 e. The van der Waals surface area contributed by atoms with Crippen molar-refractivity contribution in [1.82, 2.24) is 5.32 Å². The fraction of sp³-hybridized carbons (Fsp3) is 0.550. The molecule has 1 aromatic carbocycles. The van der Waals surface area contributed by atoms with E-state index in [2.05, 4.69) is 10.6 Å². The number of carbonyl (C=O) groups is 3. The minimum absolute atomic E-state index is 0.0171. The van der Waals surface area contributed by atoms with Gasteiger partial charge in [0.25, 0.3) is 5.91 Å². The van der Waals surface area contributed by atoms with Crippen LogP contribution >= 0.6 is 11.6 Å². The molecule has 0 spiro atoms. The van der Waals surface area contributed by atoms with E-state index < -0.39 is 17.8 Å². The van der Waals surface area contributed by atoms with E-state index in [-0.39, 0.29) is 34.4 Å². The maximum atomic E-state index is 12.4. The molecular formula is C20H29ClN2O4. The smallest absolute Gasteiger partial charge is 0.308 e. The van der Waals surface area contributed by atoms with E-state index in [0.29, 0.717) is 18.5 Å². The quantitative estimate of drug-likeness (QED) is 0.613. The van der Waals surface area contributed by atoms with Crippen LogP contribution in [0, 0.1) is 17.3 Å². The fourth-order valence-corrected chi connectivity index (χ4v) is 2.82. The SMILES string of the molecule is CC(C)CC(CNC(=O)c1cc(NC(=O)CC(C)(C)C)ccc1Cl)C(=O)O. The van der Waals surface area contributed by atoms with Crippen molar-refractivity contribution in [2.75, 3.05) is 11.9 Å². The van der Waals surface area contributed by atoms with Crippen molar-refractivity contribution in [1.29, 1.82) is 0 Å². The molecule has 0 bridgehead atoms. The first-order valence-corrected chi connectivity index (χ1v) is 9.37. The largest absolute Gasteiger partial charge is 0.481 e. The Labute approximate surface area is 165 Å². The Kier molecular flexibility index (Phi) is 8.28. The van der Waals surface area contributed by atoms with Crippen LogP contribution in [0.1, 0.15) is 57.8 Å². The van der Waals surface area contributed by atoms with Crippen LogP contribution in [0.4, 0.5) is 5.69 Å². The molecule has 27 heavy (non-hydrogen) atoms. The number of nitrogens with one attached hydrogen (secondary N) is 2. The van der Waals surface area contributed by atoms with E-state index in [1.54, 1.807) is 6.07 Å². The summed E-state index contributed by atoms with van der Waals surface area (Å²) in [7, 11) is 0. The molecule has 0 saturated carbocycles. The van der Waals surface area contributed by atoms with Crippen molar-refractivity contribution in [2.24, 2.45) is 17.3 Å². The van der Waals surface area contributed by atoms with Crippen LogP contribution in [0.5, 0.6) is 0 Å². The molecule has 0 aliphatic heterocycles. The summed E-state index contributed by atoms with van der Waals surface area (Å²) in [5, 5.41) is 14.9. The number of hydrogen-bond acceptors (Lipinski definition) is 3. The molecule has 6 nitrogen and oxygen atoms in total. The Morgan fingerprint density at radius 1 is 1.19 bits per heavy atom. The predicted molar refractivity (Wildman–Crippen MR) is 107 cm³/mol. The zero-order valence-electron chi connectivity index (χ0n) is 16.6. The number of amides is 2. The van der Waals surface area contributed by atoms with E-state index in [1.807, 2.05) is 34.6 Å². The predicted octanol–water partition coefficient (Wildman–Crippen LogP) is 4.19. The van der Waals surface area contributed by atoms with Crippen molar-refractivity contribution in [3.05, 3.63) is 28.8 Å². The van der Waals surface area contributed by atoms with E-state index in [4.69, 9.17) is 11.6 Å². The second-order valence-corrected chi connectivity index (χ2v) is 8.76. The first-order valence-electron chi connectivity index (χ1n) is 8.99. The maximum absolute atomic E-state index is 12.4. The lowest BCUT2D eigenvalue weighted by molar-refractivity contribution is -0.142. The van der Waals surface area contributed by atoms with Crippen molar-refractivity contribution < 1.29 is 19.5 Å². The van der Waals surface area contributed by atoms with Crippen LogP contribution in [0.2, 0.25) is 5.02 Å². The number of carboxylic acids is 1. The molecule has 0 aromatic heterocycles. The van der Waals surface area contributed by atoms with Crippen molar-refractivity contribution in [3.8, 4) is 0 Å². The number of benzene rings is 1. The van der Waals surface area contributed by atoms with Gasteiger partial charge in [0, 0.05) is 18.7 Å². The second-order valence-electron chi connectivity index (χ2n) is 8.35. The van der Waals surface area contributed by atoms with Gasteiger partial charge < -0.3 is 15.7 Å². The van der Waals surface area contributed by atoms with E-state index >= 15 is 0 Å². The highest BCUT2D eigenvalue weighted by Gasteiger charge is 2.21. The van der Waals surface area contributed by atoms with Gasteiger partial charge in [0.2, 0.25) is 5.91 Å². The molecule has 1 unspecified atom stereocenters. The van der Waals surface area contributed by atoms with Gasteiger partial charge in [0.05, 0.1) is 16.5 Å². The Hall–Kier alpha value is -2.08. The van der Waals surface area contributed by atoms with Crippen LogP contribution in [-0.4, -0.2) is 29.4 Å². The molecule has 1 aromatic rings. The average Bonchev–Trinajstić information content (AvgIpc) is 2.50. The molecule has 0 radical (unpaired) electrons. The summed E-state index contributed by atoms with van der Waals surface area (Å²) in [4.78, 5) is 35.8. The maximum Gasteiger partial charge on any atom is 0.308 e. The molecule has 1 rings (SSSR count). The Morgan fingerprint density at radius 3 is 2.33 bits per heavy atom. The van der Waals surface area contributed by atoms with Gasteiger partial charge in [-0.2, -0.15) is 0 Å².